The highest BCUT2D eigenvalue weighted by Crippen LogP contribution is 2.25. The van der Waals surface area contributed by atoms with Crippen LogP contribution in [0.1, 0.15) is 16.1 Å². The molecule has 0 aliphatic rings. The molecule has 0 spiro atoms. The van der Waals surface area contributed by atoms with Gasteiger partial charge in [0.05, 0.1) is 18.4 Å². The van der Waals surface area contributed by atoms with E-state index in [9.17, 15) is 4.79 Å². The minimum absolute atomic E-state index is 0.143. The molecule has 4 aromatic rings. The third kappa shape index (κ3) is 5.38. The lowest BCUT2D eigenvalue weighted by Gasteiger charge is -2.06. The maximum absolute atomic E-state index is 12.5. The smallest absolute Gasteiger partial charge is 0.276 e. The molecule has 158 valence electrons. The van der Waals surface area contributed by atoms with Crippen molar-refractivity contribution in [1.82, 2.24) is 19.6 Å². The van der Waals surface area contributed by atoms with Crippen LogP contribution in [-0.4, -0.2) is 25.5 Å². The Kier molecular flexibility index (Phi) is 6.46. The fourth-order valence-electron chi connectivity index (χ4n) is 2.81. The predicted molar refractivity (Wildman–Crippen MR) is 120 cm³/mol. The Labute approximate surface area is 193 Å². The van der Waals surface area contributed by atoms with E-state index in [1.807, 2.05) is 0 Å². The van der Waals surface area contributed by atoms with Crippen molar-refractivity contribution in [2.75, 3.05) is 5.32 Å². The van der Waals surface area contributed by atoms with Gasteiger partial charge in [0.15, 0.2) is 12.4 Å². The van der Waals surface area contributed by atoms with E-state index < -0.39 is 0 Å². The summed E-state index contributed by atoms with van der Waals surface area (Å²) in [5, 5.41) is 12.9. The molecule has 0 aliphatic heterocycles. The summed E-state index contributed by atoms with van der Waals surface area (Å²) in [6, 6.07) is 14.0. The summed E-state index contributed by atoms with van der Waals surface area (Å²) in [5.74, 6) is 0.247. The molecule has 0 bridgehead atoms. The molecule has 0 saturated carbocycles. The van der Waals surface area contributed by atoms with Crippen molar-refractivity contribution in [2.45, 2.75) is 13.3 Å². The molecular formula is C21H16Cl3N5O2. The van der Waals surface area contributed by atoms with Gasteiger partial charge in [-0.25, -0.2) is 4.68 Å². The van der Waals surface area contributed by atoms with Crippen LogP contribution in [0.4, 0.5) is 5.69 Å². The number of nitrogens with zero attached hydrogens (tertiary/aromatic N) is 4. The van der Waals surface area contributed by atoms with Crippen LogP contribution in [0, 0.1) is 0 Å². The van der Waals surface area contributed by atoms with Crippen LogP contribution >= 0.6 is 34.8 Å². The zero-order valence-corrected chi connectivity index (χ0v) is 18.3. The molecule has 31 heavy (non-hydrogen) atoms. The third-order valence-electron chi connectivity index (χ3n) is 4.31. The lowest BCUT2D eigenvalue weighted by molar-refractivity contribution is 0.102. The summed E-state index contributed by atoms with van der Waals surface area (Å²) in [6.07, 6.45) is 4.89. The fraction of sp³-hybridized carbons (Fsp3) is 0.0952. The molecule has 2 heterocycles. The normalized spacial score (nSPS) is 10.8. The second-order valence-electron chi connectivity index (χ2n) is 6.55. The van der Waals surface area contributed by atoms with Crippen LogP contribution in [0.2, 0.25) is 15.1 Å². The van der Waals surface area contributed by atoms with E-state index in [1.165, 1.54) is 4.68 Å². The maximum Gasteiger partial charge on any atom is 0.276 e. The second-order valence-corrected chi connectivity index (χ2v) is 7.80. The van der Waals surface area contributed by atoms with Crippen LogP contribution in [0.3, 0.4) is 0 Å². The Morgan fingerprint density at radius 2 is 1.81 bits per heavy atom. The lowest BCUT2D eigenvalue weighted by atomic mass is 10.2. The van der Waals surface area contributed by atoms with Crippen LogP contribution in [0.25, 0.3) is 0 Å². The van der Waals surface area contributed by atoms with E-state index in [2.05, 4.69) is 15.5 Å². The summed E-state index contributed by atoms with van der Waals surface area (Å²) in [6.45, 7) is 0.522. The third-order valence-corrected chi connectivity index (χ3v) is 5.25. The van der Waals surface area contributed by atoms with Crippen molar-refractivity contribution in [2.24, 2.45) is 0 Å². The van der Waals surface area contributed by atoms with Crippen molar-refractivity contribution in [3.63, 3.8) is 0 Å². The number of benzene rings is 2. The zero-order chi connectivity index (χ0) is 21.8. The van der Waals surface area contributed by atoms with Crippen LogP contribution in [-0.2, 0) is 13.3 Å². The first-order chi connectivity index (χ1) is 15.0. The van der Waals surface area contributed by atoms with Gasteiger partial charge in [0.2, 0.25) is 0 Å². The predicted octanol–water partition coefficient (Wildman–Crippen LogP) is 5.38. The SMILES string of the molecule is O=C(Nc1cnn(Cc2c(Cl)cccc2Cl)c1)c1ccn(COc2cccc(Cl)c2)n1. The number of halogens is 3. The van der Waals surface area contributed by atoms with Gasteiger partial charge in [-0.3, -0.25) is 9.48 Å². The minimum atomic E-state index is -0.364. The van der Waals surface area contributed by atoms with Crippen molar-refractivity contribution in [3.05, 3.63) is 93.4 Å². The van der Waals surface area contributed by atoms with E-state index in [-0.39, 0.29) is 18.3 Å². The van der Waals surface area contributed by atoms with E-state index in [0.29, 0.717) is 33.0 Å². The van der Waals surface area contributed by atoms with Crippen LogP contribution in [0.5, 0.6) is 5.75 Å². The number of hydrogen-bond acceptors (Lipinski definition) is 4. The number of amides is 1. The molecule has 0 atom stereocenters. The van der Waals surface area contributed by atoms with Crippen molar-refractivity contribution < 1.29 is 9.53 Å². The van der Waals surface area contributed by atoms with E-state index >= 15 is 0 Å². The Hall–Kier alpha value is -3.00. The topological polar surface area (TPSA) is 74.0 Å². The molecule has 2 aromatic carbocycles. The molecule has 0 fully saturated rings. The van der Waals surface area contributed by atoms with Gasteiger partial charge in [-0.1, -0.05) is 46.9 Å². The number of hydrogen-bond donors (Lipinski definition) is 1. The van der Waals surface area contributed by atoms with Gasteiger partial charge >= 0.3 is 0 Å². The molecule has 2 aromatic heterocycles. The summed E-state index contributed by atoms with van der Waals surface area (Å²) in [7, 11) is 0. The van der Waals surface area contributed by atoms with Gasteiger partial charge in [-0.2, -0.15) is 10.2 Å². The highest BCUT2D eigenvalue weighted by atomic mass is 35.5. The number of anilines is 1. The summed E-state index contributed by atoms with van der Waals surface area (Å²) in [4.78, 5) is 12.5. The summed E-state index contributed by atoms with van der Waals surface area (Å²) >= 11 is 18.3. The minimum Gasteiger partial charge on any atom is -0.471 e. The molecular weight excluding hydrogens is 461 g/mol. The van der Waals surface area contributed by atoms with E-state index in [1.54, 1.807) is 71.8 Å². The molecule has 1 N–H and O–H groups in total. The summed E-state index contributed by atoms with van der Waals surface area (Å²) in [5.41, 5.74) is 1.53. The Bertz CT molecular complexity index is 1200. The zero-order valence-electron chi connectivity index (χ0n) is 16.0. The number of nitrogens with one attached hydrogen (secondary N) is 1. The summed E-state index contributed by atoms with van der Waals surface area (Å²) < 4.78 is 8.76. The quantitative estimate of drug-likeness (QED) is 0.389. The Balaban J connectivity index is 1.36. The lowest BCUT2D eigenvalue weighted by Crippen LogP contribution is -2.14. The van der Waals surface area contributed by atoms with Gasteiger partial charge in [-0.15, -0.1) is 0 Å². The monoisotopic (exact) mass is 475 g/mol. The Morgan fingerprint density at radius 3 is 2.58 bits per heavy atom. The molecule has 0 unspecified atom stereocenters. The number of ether oxygens (including phenoxy) is 1. The van der Waals surface area contributed by atoms with Crippen LogP contribution < -0.4 is 10.1 Å². The second kappa shape index (κ2) is 9.43. The van der Waals surface area contributed by atoms with Crippen LogP contribution in [0.15, 0.2) is 67.1 Å². The molecule has 4 rings (SSSR count). The van der Waals surface area contributed by atoms with E-state index in [0.717, 1.165) is 5.56 Å². The van der Waals surface area contributed by atoms with Crippen molar-refractivity contribution in [1.29, 1.82) is 0 Å². The average molecular weight is 477 g/mol. The maximum atomic E-state index is 12.5. The molecule has 0 aliphatic carbocycles. The van der Waals surface area contributed by atoms with Gasteiger partial charge in [0.25, 0.3) is 5.91 Å². The molecule has 10 heteroatoms. The molecule has 0 radical (unpaired) electrons. The average Bonchev–Trinajstić information content (AvgIpc) is 3.39. The number of rotatable bonds is 7. The van der Waals surface area contributed by atoms with Gasteiger partial charge < -0.3 is 10.1 Å². The van der Waals surface area contributed by atoms with Gasteiger partial charge in [0, 0.05) is 33.0 Å². The first kappa shape index (κ1) is 21.2. The van der Waals surface area contributed by atoms with Gasteiger partial charge in [-0.05, 0) is 36.4 Å². The van der Waals surface area contributed by atoms with Crippen molar-refractivity contribution >= 4 is 46.4 Å². The van der Waals surface area contributed by atoms with Gasteiger partial charge in [0.1, 0.15) is 5.75 Å². The number of aromatic nitrogens is 4. The largest absolute Gasteiger partial charge is 0.471 e. The standard InChI is InChI=1S/C21H16Cl3N5O2/c22-14-3-1-4-16(9-14)31-13-28-8-7-20(27-28)21(30)26-15-10-25-29(11-15)12-17-18(23)5-2-6-19(17)24/h1-11H,12-13H2,(H,26,30). The highest BCUT2D eigenvalue weighted by Gasteiger charge is 2.12. The number of carbonyl (C=O) groups is 1. The molecule has 7 nitrogen and oxygen atoms in total. The van der Waals surface area contributed by atoms with Crippen molar-refractivity contribution in [3.8, 4) is 5.75 Å². The first-order valence-corrected chi connectivity index (χ1v) is 10.3. The molecule has 0 saturated heterocycles. The Morgan fingerprint density at radius 1 is 1.03 bits per heavy atom. The first-order valence-electron chi connectivity index (χ1n) is 9.16. The highest BCUT2D eigenvalue weighted by molar-refractivity contribution is 6.36. The molecule has 1 amide bonds. The van der Waals surface area contributed by atoms with E-state index in [4.69, 9.17) is 39.5 Å². The number of carbonyl (C=O) groups excluding carboxylic acids is 1. The fourth-order valence-corrected chi connectivity index (χ4v) is 3.50.